The summed E-state index contributed by atoms with van der Waals surface area (Å²) in [5, 5.41) is 17.1. The van der Waals surface area contributed by atoms with Crippen LogP contribution in [0.4, 0.5) is 0 Å². The number of hydrogen-bond acceptors (Lipinski definition) is 4. The Morgan fingerprint density at radius 2 is 1.97 bits per heavy atom. The first kappa shape index (κ1) is 23.3. The van der Waals surface area contributed by atoms with Gasteiger partial charge in [-0.1, -0.05) is 36.4 Å². The average Bonchev–Trinajstić information content (AvgIpc) is 3.58. The second-order valence-electron chi connectivity index (χ2n) is 9.87. The number of aromatic carboxylic acids is 1. The number of aromatic nitrogens is 3. The predicted octanol–water partition coefficient (Wildman–Crippen LogP) is 6.11. The monoisotopic (exact) mass is 494 g/mol. The maximum atomic E-state index is 12.2. The van der Waals surface area contributed by atoms with Gasteiger partial charge >= 0.3 is 5.97 Å². The molecule has 7 heteroatoms. The van der Waals surface area contributed by atoms with Crippen LogP contribution >= 0.6 is 0 Å². The lowest BCUT2D eigenvalue weighted by molar-refractivity contribution is 0.0682. The highest BCUT2D eigenvalue weighted by molar-refractivity contribution is 5.90. The number of rotatable bonds is 6. The van der Waals surface area contributed by atoms with Crippen LogP contribution in [-0.2, 0) is 6.54 Å². The Morgan fingerprint density at radius 1 is 1.16 bits per heavy atom. The molecule has 2 aromatic heterocycles. The number of nitrogens with one attached hydrogen (secondary N) is 1. The zero-order valence-corrected chi connectivity index (χ0v) is 21.0. The van der Waals surface area contributed by atoms with E-state index in [9.17, 15) is 9.90 Å². The molecule has 2 N–H and O–H groups in total. The topological polar surface area (TPSA) is 83.4 Å². The molecule has 0 saturated carbocycles. The molecule has 1 aliphatic rings. The van der Waals surface area contributed by atoms with Gasteiger partial charge in [0.25, 0.3) is 0 Å². The number of H-pyrrole nitrogens is 1. The maximum Gasteiger partial charge on any atom is 0.336 e. The number of likely N-dealkylation sites (tertiary alicyclic amines) is 1. The summed E-state index contributed by atoms with van der Waals surface area (Å²) in [5.74, 6) is -0.0428. The van der Waals surface area contributed by atoms with Gasteiger partial charge in [0.2, 0.25) is 0 Å². The minimum atomic E-state index is -0.900. The molecule has 37 heavy (non-hydrogen) atoms. The van der Waals surface area contributed by atoms with Crippen molar-refractivity contribution in [2.75, 3.05) is 13.7 Å². The number of aryl methyl sites for hydroxylation is 1. The first-order valence-electron chi connectivity index (χ1n) is 12.7. The predicted molar refractivity (Wildman–Crippen MR) is 144 cm³/mol. The molecule has 188 valence electrons. The van der Waals surface area contributed by atoms with E-state index < -0.39 is 5.97 Å². The summed E-state index contributed by atoms with van der Waals surface area (Å²) in [5.41, 5.74) is 5.53. The number of nitrogens with zero attached hydrogens (tertiary/aromatic N) is 3. The Kier molecular flexibility index (Phi) is 5.93. The molecule has 0 aliphatic carbocycles. The zero-order chi connectivity index (χ0) is 25.5. The van der Waals surface area contributed by atoms with E-state index in [0.717, 1.165) is 63.6 Å². The highest BCUT2D eigenvalue weighted by atomic mass is 16.5. The van der Waals surface area contributed by atoms with E-state index in [1.165, 1.54) is 0 Å². The molecule has 3 heterocycles. The molecule has 5 aromatic rings. The van der Waals surface area contributed by atoms with Crippen LogP contribution in [0.15, 0.2) is 73.1 Å². The van der Waals surface area contributed by atoms with Crippen LogP contribution in [0, 0.1) is 6.92 Å². The van der Waals surface area contributed by atoms with Gasteiger partial charge in [0.05, 0.1) is 24.2 Å². The zero-order valence-electron chi connectivity index (χ0n) is 21.0. The summed E-state index contributed by atoms with van der Waals surface area (Å²) in [6.45, 7) is 3.54. The van der Waals surface area contributed by atoms with Gasteiger partial charge in [0, 0.05) is 53.4 Å². The van der Waals surface area contributed by atoms with E-state index in [1.54, 1.807) is 19.2 Å². The molecule has 3 aromatic carbocycles. The quantitative estimate of drug-likeness (QED) is 0.298. The molecule has 0 unspecified atom stereocenters. The molecule has 2 atom stereocenters. The van der Waals surface area contributed by atoms with Gasteiger partial charge in [-0.15, -0.1) is 0 Å². The number of methoxy groups -OCH3 is 1. The van der Waals surface area contributed by atoms with Crippen molar-refractivity contribution in [3.8, 4) is 5.75 Å². The van der Waals surface area contributed by atoms with Crippen LogP contribution in [0.5, 0.6) is 5.75 Å². The van der Waals surface area contributed by atoms with Crippen LogP contribution in [0.2, 0.25) is 0 Å². The molecule has 6 rings (SSSR count). The highest BCUT2D eigenvalue weighted by Crippen LogP contribution is 2.41. The van der Waals surface area contributed by atoms with Crippen molar-refractivity contribution < 1.29 is 14.6 Å². The van der Waals surface area contributed by atoms with Crippen molar-refractivity contribution in [3.63, 3.8) is 0 Å². The van der Waals surface area contributed by atoms with Gasteiger partial charge in [-0.3, -0.25) is 9.58 Å². The second kappa shape index (κ2) is 9.41. The third kappa shape index (κ3) is 4.15. The van der Waals surface area contributed by atoms with Crippen molar-refractivity contribution in [3.05, 3.63) is 95.3 Å². The Morgan fingerprint density at radius 3 is 2.78 bits per heavy atom. The summed E-state index contributed by atoms with van der Waals surface area (Å²) in [4.78, 5) is 18.0. The Labute approximate surface area is 215 Å². The number of carbonyl (C=O) groups is 1. The minimum absolute atomic E-state index is 0.0848. The van der Waals surface area contributed by atoms with Gasteiger partial charge in [-0.05, 0) is 55.2 Å². The van der Waals surface area contributed by atoms with Crippen molar-refractivity contribution in [1.82, 2.24) is 19.7 Å². The molecule has 0 bridgehead atoms. The first-order valence-corrected chi connectivity index (χ1v) is 12.7. The van der Waals surface area contributed by atoms with E-state index in [-0.39, 0.29) is 12.1 Å². The van der Waals surface area contributed by atoms with Crippen LogP contribution in [0.1, 0.15) is 52.0 Å². The van der Waals surface area contributed by atoms with Crippen LogP contribution in [0.25, 0.3) is 21.8 Å². The molecule has 0 radical (unpaired) electrons. The van der Waals surface area contributed by atoms with Gasteiger partial charge in [0.15, 0.2) is 0 Å². The van der Waals surface area contributed by atoms with Crippen molar-refractivity contribution >= 4 is 27.8 Å². The number of benzene rings is 3. The smallest absolute Gasteiger partial charge is 0.336 e. The first-order chi connectivity index (χ1) is 18.0. The summed E-state index contributed by atoms with van der Waals surface area (Å²) in [6, 6.07) is 19.8. The van der Waals surface area contributed by atoms with Crippen LogP contribution < -0.4 is 4.74 Å². The van der Waals surface area contributed by atoms with Gasteiger partial charge in [-0.25, -0.2) is 4.79 Å². The number of piperidine rings is 1. The van der Waals surface area contributed by atoms with Crippen molar-refractivity contribution in [1.29, 1.82) is 0 Å². The third-order valence-corrected chi connectivity index (χ3v) is 7.73. The van der Waals surface area contributed by atoms with E-state index in [1.807, 2.05) is 36.5 Å². The number of hydrogen-bond donors (Lipinski definition) is 2. The third-order valence-electron chi connectivity index (χ3n) is 7.73. The summed E-state index contributed by atoms with van der Waals surface area (Å²) in [7, 11) is 1.71. The summed E-state index contributed by atoms with van der Waals surface area (Å²) < 4.78 is 7.90. The highest BCUT2D eigenvalue weighted by Gasteiger charge is 2.34. The molecular weight excluding hydrogens is 464 g/mol. The van der Waals surface area contributed by atoms with E-state index in [4.69, 9.17) is 9.84 Å². The maximum absolute atomic E-state index is 12.2. The van der Waals surface area contributed by atoms with Crippen LogP contribution in [0.3, 0.4) is 0 Å². The van der Waals surface area contributed by atoms with E-state index in [0.29, 0.717) is 12.1 Å². The molecule has 7 nitrogen and oxygen atoms in total. The number of carboxylic acid groups (broad SMARTS) is 1. The van der Waals surface area contributed by atoms with Crippen LogP contribution in [-0.4, -0.2) is 44.4 Å². The van der Waals surface area contributed by atoms with Gasteiger partial charge in [0.1, 0.15) is 5.75 Å². The lowest BCUT2D eigenvalue weighted by Crippen LogP contribution is -2.38. The van der Waals surface area contributed by atoms with E-state index in [2.05, 4.69) is 45.9 Å². The fraction of sp³-hybridized carbons (Fsp3) is 0.267. The van der Waals surface area contributed by atoms with Gasteiger partial charge < -0.3 is 14.8 Å². The standard InChI is InChI=1S/C30H30N4O3/c1-19-15-28(37-2)25(23-11-13-31-29(19)23)18-33-14-12-21(34-17-20-7-3-6-10-26(20)32-34)16-27(33)22-8-4-5-9-24(22)30(35)36/h3-11,13,15,17,21,27,31H,12,14,16,18H2,1-2H3,(H,35,36)/t21-,27+/m0/s1. The number of ether oxygens (including phenoxy) is 1. The number of aromatic amines is 1. The fourth-order valence-corrected chi connectivity index (χ4v) is 5.89. The normalized spacial score (nSPS) is 18.4. The second-order valence-corrected chi connectivity index (χ2v) is 9.87. The molecule has 1 aliphatic heterocycles. The molecule has 0 spiro atoms. The molecule has 1 saturated heterocycles. The molecule has 0 amide bonds. The Bertz CT molecular complexity index is 1570. The van der Waals surface area contributed by atoms with Gasteiger partial charge in [-0.2, -0.15) is 5.10 Å². The average molecular weight is 495 g/mol. The number of carboxylic acids is 1. The summed E-state index contributed by atoms with van der Waals surface area (Å²) >= 11 is 0. The SMILES string of the molecule is COc1cc(C)c2[nH]ccc2c1CN1CC[C@H](n2cc3ccccc3n2)C[C@@H]1c1ccccc1C(=O)O. The lowest BCUT2D eigenvalue weighted by atomic mass is 9.88. The lowest BCUT2D eigenvalue weighted by Gasteiger charge is -2.40. The Balaban J connectivity index is 1.41. The Hall–Kier alpha value is -4.10. The fourth-order valence-electron chi connectivity index (χ4n) is 5.89. The van der Waals surface area contributed by atoms with Crippen molar-refractivity contribution in [2.45, 2.75) is 38.4 Å². The van der Waals surface area contributed by atoms with Crippen molar-refractivity contribution in [2.24, 2.45) is 0 Å². The van der Waals surface area contributed by atoms with E-state index >= 15 is 0 Å². The largest absolute Gasteiger partial charge is 0.496 e. The minimum Gasteiger partial charge on any atom is -0.496 e. The number of fused-ring (bicyclic) bond motifs is 2. The molecular formula is C30H30N4O3. The molecule has 1 fully saturated rings. The summed E-state index contributed by atoms with van der Waals surface area (Å²) in [6.07, 6.45) is 5.77.